The zero-order chi connectivity index (χ0) is 16.9. The third-order valence-corrected chi connectivity index (χ3v) is 4.41. The van der Waals surface area contributed by atoms with Gasteiger partial charge in [0.25, 0.3) is 0 Å². The average Bonchev–Trinajstić information content (AvgIpc) is 3.01. The first-order valence-corrected chi connectivity index (χ1v) is 7.90. The van der Waals surface area contributed by atoms with E-state index in [0.717, 1.165) is 31.2 Å². The van der Waals surface area contributed by atoms with Crippen molar-refractivity contribution in [2.24, 2.45) is 5.73 Å². The molecule has 0 spiro atoms. The summed E-state index contributed by atoms with van der Waals surface area (Å²) in [6.45, 7) is 0.504. The normalized spacial score (nSPS) is 16.0. The van der Waals surface area contributed by atoms with E-state index in [1.807, 2.05) is 12.1 Å². The first-order valence-electron chi connectivity index (χ1n) is 7.90. The fraction of sp³-hybridized carbons (Fsp3) is 0.588. The maximum absolute atomic E-state index is 12.2. The van der Waals surface area contributed by atoms with Gasteiger partial charge in [0, 0.05) is 12.1 Å². The van der Waals surface area contributed by atoms with Crippen LogP contribution in [-0.4, -0.2) is 39.3 Å². The third kappa shape index (κ3) is 3.69. The molecule has 0 aliphatic heterocycles. The molecule has 0 aromatic heterocycles. The van der Waals surface area contributed by atoms with Crippen LogP contribution < -0.4 is 25.3 Å². The number of ether oxygens (including phenoxy) is 3. The third-order valence-electron chi connectivity index (χ3n) is 4.41. The molecule has 1 aliphatic rings. The van der Waals surface area contributed by atoms with E-state index in [1.54, 1.807) is 21.3 Å². The van der Waals surface area contributed by atoms with Gasteiger partial charge in [-0.3, -0.25) is 4.79 Å². The lowest BCUT2D eigenvalue weighted by Crippen LogP contribution is -2.52. The van der Waals surface area contributed by atoms with Gasteiger partial charge < -0.3 is 25.3 Å². The highest BCUT2D eigenvalue weighted by molar-refractivity contribution is 5.86. The molecule has 0 bridgehead atoms. The van der Waals surface area contributed by atoms with Gasteiger partial charge in [0.05, 0.1) is 26.9 Å². The van der Waals surface area contributed by atoms with Gasteiger partial charge in [-0.1, -0.05) is 18.9 Å². The van der Waals surface area contributed by atoms with E-state index in [-0.39, 0.29) is 5.91 Å². The molecule has 0 radical (unpaired) electrons. The molecule has 1 amide bonds. The summed E-state index contributed by atoms with van der Waals surface area (Å²) in [7, 11) is 4.75. The Kier molecular flexibility index (Phi) is 5.71. The lowest BCUT2D eigenvalue weighted by molar-refractivity contribution is -0.126. The molecule has 1 saturated carbocycles. The Morgan fingerprint density at radius 1 is 1.13 bits per heavy atom. The van der Waals surface area contributed by atoms with Crippen molar-refractivity contribution in [1.29, 1.82) is 0 Å². The molecule has 1 aliphatic carbocycles. The van der Waals surface area contributed by atoms with E-state index in [2.05, 4.69) is 5.32 Å². The Balaban J connectivity index is 2.01. The summed E-state index contributed by atoms with van der Waals surface area (Å²) in [6.07, 6.45) is 4.20. The summed E-state index contributed by atoms with van der Waals surface area (Å²) in [6, 6.07) is 3.75. The minimum absolute atomic E-state index is 0.0607. The van der Waals surface area contributed by atoms with E-state index in [0.29, 0.717) is 30.2 Å². The van der Waals surface area contributed by atoms with E-state index < -0.39 is 5.54 Å². The first kappa shape index (κ1) is 17.4. The number of amides is 1. The summed E-state index contributed by atoms with van der Waals surface area (Å²) in [4.78, 5) is 12.2. The highest BCUT2D eigenvalue weighted by Gasteiger charge is 2.36. The van der Waals surface area contributed by atoms with Gasteiger partial charge in [-0.2, -0.15) is 0 Å². The van der Waals surface area contributed by atoms with Gasteiger partial charge in [-0.15, -0.1) is 0 Å². The minimum Gasteiger partial charge on any atom is -0.493 e. The van der Waals surface area contributed by atoms with Crippen LogP contribution in [0.5, 0.6) is 17.2 Å². The summed E-state index contributed by atoms with van der Waals surface area (Å²) < 4.78 is 16.1. The Hall–Kier alpha value is -1.95. The van der Waals surface area contributed by atoms with Crippen LogP contribution in [0.15, 0.2) is 12.1 Å². The van der Waals surface area contributed by atoms with Crippen LogP contribution >= 0.6 is 0 Å². The number of rotatable bonds is 7. The fourth-order valence-corrected chi connectivity index (χ4v) is 3.08. The SMILES string of the molecule is COc1ccc(CCNC(=O)C2(N)CCCC2)c(OC)c1OC. The van der Waals surface area contributed by atoms with Crippen molar-refractivity contribution in [3.8, 4) is 17.2 Å². The molecule has 1 fully saturated rings. The van der Waals surface area contributed by atoms with Crippen molar-refractivity contribution in [3.05, 3.63) is 17.7 Å². The monoisotopic (exact) mass is 322 g/mol. The second kappa shape index (κ2) is 7.55. The number of hydrogen-bond acceptors (Lipinski definition) is 5. The van der Waals surface area contributed by atoms with Crippen LogP contribution in [0.25, 0.3) is 0 Å². The van der Waals surface area contributed by atoms with E-state index >= 15 is 0 Å². The van der Waals surface area contributed by atoms with Crippen LogP contribution in [0.1, 0.15) is 31.2 Å². The van der Waals surface area contributed by atoms with Gasteiger partial charge in [0.15, 0.2) is 11.5 Å². The molecule has 6 heteroatoms. The van der Waals surface area contributed by atoms with E-state index in [9.17, 15) is 4.79 Å². The van der Waals surface area contributed by atoms with Crippen molar-refractivity contribution >= 4 is 5.91 Å². The molecule has 2 rings (SSSR count). The second-order valence-corrected chi connectivity index (χ2v) is 5.86. The van der Waals surface area contributed by atoms with Gasteiger partial charge in [0.1, 0.15) is 0 Å². The van der Waals surface area contributed by atoms with Crippen molar-refractivity contribution in [2.75, 3.05) is 27.9 Å². The average molecular weight is 322 g/mol. The molecule has 1 aromatic carbocycles. The molecule has 1 aromatic rings. The maximum Gasteiger partial charge on any atom is 0.240 e. The number of methoxy groups -OCH3 is 3. The molecule has 23 heavy (non-hydrogen) atoms. The van der Waals surface area contributed by atoms with Gasteiger partial charge in [0.2, 0.25) is 11.7 Å². The highest BCUT2D eigenvalue weighted by atomic mass is 16.5. The van der Waals surface area contributed by atoms with Crippen LogP contribution in [0.3, 0.4) is 0 Å². The van der Waals surface area contributed by atoms with Crippen molar-refractivity contribution in [2.45, 2.75) is 37.6 Å². The van der Waals surface area contributed by atoms with Crippen molar-refractivity contribution < 1.29 is 19.0 Å². The lowest BCUT2D eigenvalue weighted by Gasteiger charge is -2.22. The fourth-order valence-electron chi connectivity index (χ4n) is 3.08. The Labute approximate surface area is 137 Å². The lowest BCUT2D eigenvalue weighted by atomic mass is 9.98. The summed E-state index contributed by atoms with van der Waals surface area (Å²) in [5.41, 5.74) is 6.40. The van der Waals surface area contributed by atoms with Crippen molar-refractivity contribution in [3.63, 3.8) is 0 Å². The minimum atomic E-state index is -0.693. The summed E-state index contributed by atoms with van der Waals surface area (Å²) in [5, 5.41) is 2.94. The van der Waals surface area contributed by atoms with Crippen LogP contribution in [-0.2, 0) is 11.2 Å². The quantitative estimate of drug-likeness (QED) is 0.797. The first-order chi connectivity index (χ1) is 11.1. The molecule has 0 heterocycles. The van der Waals surface area contributed by atoms with Gasteiger partial charge in [-0.25, -0.2) is 0 Å². The topological polar surface area (TPSA) is 82.8 Å². The molecule has 0 unspecified atom stereocenters. The molecule has 128 valence electrons. The Morgan fingerprint density at radius 2 is 1.78 bits per heavy atom. The van der Waals surface area contributed by atoms with E-state index in [4.69, 9.17) is 19.9 Å². The predicted octanol–water partition coefficient (Wildman–Crippen LogP) is 1.64. The number of benzene rings is 1. The van der Waals surface area contributed by atoms with Crippen LogP contribution in [0, 0.1) is 0 Å². The zero-order valence-electron chi connectivity index (χ0n) is 14.1. The number of nitrogens with one attached hydrogen (secondary N) is 1. The van der Waals surface area contributed by atoms with E-state index in [1.165, 1.54) is 0 Å². The number of nitrogens with two attached hydrogens (primary N) is 1. The molecular weight excluding hydrogens is 296 g/mol. The summed E-state index contributed by atoms with van der Waals surface area (Å²) in [5.74, 6) is 1.74. The summed E-state index contributed by atoms with van der Waals surface area (Å²) >= 11 is 0. The van der Waals surface area contributed by atoms with Gasteiger partial charge in [-0.05, 0) is 25.3 Å². The van der Waals surface area contributed by atoms with Crippen LogP contribution in [0.2, 0.25) is 0 Å². The molecule has 3 N–H and O–H groups in total. The molecule has 0 atom stereocenters. The van der Waals surface area contributed by atoms with Gasteiger partial charge >= 0.3 is 0 Å². The number of carbonyl (C=O) groups excluding carboxylic acids is 1. The standard InChI is InChI=1S/C17H26N2O4/c1-21-13-7-6-12(14(22-2)15(13)23-3)8-11-19-16(20)17(18)9-4-5-10-17/h6-7H,4-5,8-11,18H2,1-3H3,(H,19,20). The van der Waals surface area contributed by atoms with Crippen molar-refractivity contribution in [1.82, 2.24) is 5.32 Å². The molecule has 6 nitrogen and oxygen atoms in total. The smallest absolute Gasteiger partial charge is 0.240 e. The van der Waals surface area contributed by atoms with Crippen LogP contribution in [0.4, 0.5) is 0 Å². The zero-order valence-corrected chi connectivity index (χ0v) is 14.1. The highest BCUT2D eigenvalue weighted by Crippen LogP contribution is 2.39. The second-order valence-electron chi connectivity index (χ2n) is 5.86. The maximum atomic E-state index is 12.2. The predicted molar refractivity (Wildman–Crippen MR) is 88.2 cm³/mol. The molecule has 0 saturated heterocycles. The largest absolute Gasteiger partial charge is 0.493 e. The number of hydrogen-bond donors (Lipinski definition) is 2. The number of carbonyl (C=O) groups is 1. The Morgan fingerprint density at radius 3 is 2.35 bits per heavy atom. The molecular formula is C17H26N2O4. The Bertz CT molecular complexity index is 554.